The van der Waals surface area contributed by atoms with E-state index in [-0.39, 0.29) is 5.92 Å². The molecule has 0 bridgehead atoms. The standard InChI is InChI=1S/C28H37F2NO2/c1-2-3-4-18-5-6-23-16-22(12-11-21(23)15-18)19-7-9-20(10-8-19)28(32)33-25-14-13-24(17-31)26(29)27(25)30/h13-14,18-23H,2-12,15-16H2,1H3. The highest BCUT2D eigenvalue weighted by molar-refractivity contribution is 5.75. The minimum absolute atomic E-state index is 0.260. The number of nitriles is 1. The molecule has 3 saturated carbocycles. The zero-order valence-electron chi connectivity index (χ0n) is 19.8. The van der Waals surface area contributed by atoms with Crippen LogP contribution in [0.4, 0.5) is 8.78 Å². The quantitative estimate of drug-likeness (QED) is 0.327. The van der Waals surface area contributed by atoms with Crippen molar-refractivity contribution in [3.8, 4) is 11.8 Å². The van der Waals surface area contributed by atoms with Crippen LogP contribution in [0.2, 0.25) is 0 Å². The topological polar surface area (TPSA) is 50.1 Å². The van der Waals surface area contributed by atoms with Gasteiger partial charge >= 0.3 is 5.97 Å². The summed E-state index contributed by atoms with van der Waals surface area (Å²) in [5, 5.41) is 8.79. The first-order valence-corrected chi connectivity index (χ1v) is 13.1. The first-order chi connectivity index (χ1) is 16.0. The third-order valence-electron chi connectivity index (χ3n) is 8.88. The number of hydrogen-bond acceptors (Lipinski definition) is 3. The lowest BCUT2D eigenvalue weighted by Crippen LogP contribution is -2.35. The average Bonchev–Trinajstić information content (AvgIpc) is 2.85. The lowest BCUT2D eigenvalue weighted by Gasteiger charge is -2.45. The predicted octanol–water partition coefficient (Wildman–Crippen LogP) is 7.57. The van der Waals surface area contributed by atoms with Crippen LogP contribution in [0.3, 0.4) is 0 Å². The van der Waals surface area contributed by atoms with Crippen LogP contribution >= 0.6 is 0 Å². The Morgan fingerprint density at radius 2 is 1.58 bits per heavy atom. The van der Waals surface area contributed by atoms with E-state index < -0.39 is 28.9 Å². The van der Waals surface area contributed by atoms with E-state index in [1.165, 1.54) is 57.8 Å². The SMILES string of the molecule is CCCCC1CCC2CC(C3CCC(C(=O)Oc4ccc(C#N)c(F)c4F)CC3)CCC2C1. The lowest BCUT2D eigenvalue weighted by atomic mass is 9.60. The van der Waals surface area contributed by atoms with E-state index in [2.05, 4.69) is 6.92 Å². The number of fused-ring (bicyclic) bond motifs is 1. The summed E-state index contributed by atoms with van der Waals surface area (Å²) in [4.78, 5) is 12.6. The number of benzene rings is 1. The molecule has 0 radical (unpaired) electrons. The molecule has 3 aliphatic carbocycles. The Kier molecular flexibility index (Phi) is 8.04. The number of nitrogens with zero attached hydrogens (tertiary/aromatic N) is 1. The Morgan fingerprint density at radius 1 is 0.939 bits per heavy atom. The van der Waals surface area contributed by atoms with Crippen LogP contribution in [0.25, 0.3) is 0 Å². The summed E-state index contributed by atoms with van der Waals surface area (Å²) in [5.41, 5.74) is -0.392. The number of hydrogen-bond donors (Lipinski definition) is 0. The van der Waals surface area contributed by atoms with E-state index in [1.807, 2.05) is 0 Å². The van der Waals surface area contributed by atoms with Gasteiger partial charge in [-0.05, 0) is 99.5 Å². The molecule has 4 unspecified atom stereocenters. The van der Waals surface area contributed by atoms with Gasteiger partial charge in [0.1, 0.15) is 6.07 Å². The van der Waals surface area contributed by atoms with E-state index in [1.54, 1.807) is 6.07 Å². The summed E-state index contributed by atoms with van der Waals surface area (Å²) >= 11 is 0. The fraction of sp³-hybridized carbons (Fsp3) is 0.714. The number of carbonyl (C=O) groups is 1. The van der Waals surface area contributed by atoms with E-state index >= 15 is 0 Å². The van der Waals surface area contributed by atoms with Crippen LogP contribution in [-0.4, -0.2) is 5.97 Å². The van der Waals surface area contributed by atoms with Crippen LogP contribution in [0.1, 0.15) is 96.0 Å². The Hall–Kier alpha value is -1.96. The summed E-state index contributed by atoms with van der Waals surface area (Å²) in [5.74, 6) is 0.556. The Balaban J connectivity index is 1.25. The molecule has 3 nitrogen and oxygen atoms in total. The molecule has 4 atom stereocenters. The number of halogens is 2. The summed E-state index contributed by atoms with van der Waals surface area (Å²) < 4.78 is 33.1. The van der Waals surface area contributed by atoms with Gasteiger partial charge in [-0.1, -0.05) is 32.6 Å². The minimum Gasteiger partial charge on any atom is -0.423 e. The third kappa shape index (κ3) is 5.58. The van der Waals surface area contributed by atoms with Crippen molar-refractivity contribution in [3.05, 3.63) is 29.3 Å². The van der Waals surface area contributed by atoms with E-state index in [0.717, 1.165) is 61.5 Å². The molecule has 180 valence electrons. The zero-order chi connectivity index (χ0) is 23.4. The van der Waals surface area contributed by atoms with Crippen molar-refractivity contribution in [1.29, 1.82) is 5.26 Å². The molecule has 3 aliphatic rings. The molecular formula is C28H37F2NO2. The van der Waals surface area contributed by atoms with Crippen molar-refractivity contribution in [2.24, 2.45) is 35.5 Å². The van der Waals surface area contributed by atoms with Gasteiger partial charge in [0.15, 0.2) is 11.6 Å². The smallest absolute Gasteiger partial charge is 0.314 e. The normalized spacial score (nSPS) is 31.9. The predicted molar refractivity (Wildman–Crippen MR) is 123 cm³/mol. The van der Waals surface area contributed by atoms with Gasteiger partial charge in [0, 0.05) is 0 Å². The first kappa shape index (κ1) is 24.2. The molecule has 1 aromatic carbocycles. The van der Waals surface area contributed by atoms with Crippen LogP contribution in [0.15, 0.2) is 12.1 Å². The van der Waals surface area contributed by atoms with Gasteiger partial charge in [0.25, 0.3) is 0 Å². The van der Waals surface area contributed by atoms with E-state index in [4.69, 9.17) is 10.00 Å². The second kappa shape index (κ2) is 11.0. The Labute approximate surface area is 196 Å². The number of rotatable bonds is 6. The van der Waals surface area contributed by atoms with E-state index in [9.17, 15) is 13.6 Å². The molecule has 5 heteroatoms. The van der Waals surface area contributed by atoms with Crippen molar-refractivity contribution in [2.75, 3.05) is 0 Å². The van der Waals surface area contributed by atoms with Crippen LogP contribution in [0.5, 0.6) is 5.75 Å². The average molecular weight is 458 g/mol. The maximum Gasteiger partial charge on any atom is 0.314 e. The lowest BCUT2D eigenvalue weighted by molar-refractivity contribution is -0.140. The van der Waals surface area contributed by atoms with Crippen molar-refractivity contribution in [3.63, 3.8) is 0 Å². The van der Waals surface area contributed by atoms with Crippen molar-refractivity contribution < 1.29 is 18.3 Å². The van der Waals surface area contributed by atoms with Gasteiger partial charge < -0.3 is 4.74 Å². The van der Waals surface area contributed by atoms with Gasteiger partial charge in [-0.3, -0.25) is 4.79 Å². The van der Waals surface area contributed by atoms with Crippen LogP contribution < -0.4 is 4.74 Å². The second-order valence-corrected chi connectivity index (χ2v) is 10.8. The second-order valence-electron chi connectivity index (χ2n) is 10.8. The summed E-state index contributed by atoms with van der Waals surface area (Å²) in [6.07, 6.45) is 16.0. The molecule has 0 aromatic heterocycles. The van der Waals surface area contributed by atoms with Crippen LogP contribution in [-0.2, 0) is 4.79 Å². The summed E-state index contributed by atoms with van der Waals surface area (Å²) in [6, 6.07) is 3.89. The molecule has 4 rings (SSSR count). The maximum absolute atomic E-state index is 14.1. The molecule has 3 fully saturated rings. The molecular weight excluding hydrogens is 420 g/mol. The third-order valence-corrected chi connectivity index (χ3v) is 8.88. The van der Waals surface area contributed by atoms with E-state index in [0.29, 0.717) is 5.92 Å². The van der Waals surface area contributed by atoms with Gasteiger partial charge in [-0.25, -0.2) is 4.39 Å². The van der Waals surface area contributed by atoms with Gasteiger partial charge in [0.2, 0.25) is 5.82 Å². The first-order valence-electron chi connectivity index (χ1n) is 13.1. The fourth-order valence-electron chi connectivity index (χ4n) is 6.92. The highest BCUT2D eigenvalue weighted by Crippen LogP contribution is 2.49. The number of unbranched alkanes of at least 4 members (excludes halogenated alkanes) is 1. The van der Waals surface area contributed by atoms with Crippen molar-refractivity contribution in [2.45, 2.75) is 90.4 Å². The molecule has 0 heterocycles. The highest BCUT2D eigenvalue weighted by Gasteiger charge is 2.39. The van der Waals surface area contributed by atoms with Gasteiger partial charge in [0.05, 0.1) is 11.5 Å². The maximum atomic E-state index is 14.1. The molecule has 0 aliphatic heterocycles. The summed E-state index contributed by atoms with van der Waals surface area (Å²) in [7, 11) is 0. The van der Waals surface area contributed by atoms with Crippen molar-refractivity contribution in [1.82, 2.24) is 0 Å². The Morgan fingerprint density at radius 3 is 2.27 bits per heavy atom. The van der Waals surface area contributed by atoms with Gasteiger partial charge in [-0.15, -0.1) is 0 Å². The zero-order valence-corrected chi connectivity index (χ0v) is 19.8. The minimum atomic E-state index is -1.27. The number of esters is 1. The molecule has 1 aromatic rings. The fourth-order valence-corrected chi connectivity index (χ4v) is 6.92. The largest absolute Gasteiger partial charge is 0.423 e. The monoisotopic (exact) mass is 457 g/mol. The van der Waals surface area contributed by atoms with Gasteiger partial charge in [-0.2, -0.15) is 9.65 Å². The highest BCUT2D eigenvalue weighted by atomic mass is 19.2. The Bertz CT molecular complexity index is 871. The van der Waals surface area contributed by atoms with Crippen molar-refractivity contribution >= 4 is 5.97 Å². The molecule has 0 amide bonds. The molecule has 0 saturated heterocycles. The number of ether oxygens (including phenoxy) is 1. The number of carbonyl (C=O) groups excluding carboxylic acids is 1. The molecule has 0 N–H and O–H groups in total. The van der Waals surface area contributed by atoms with Crippen LogP contribution in [0, 0.1) is 58.5 Å². The molecule has 33 heavy (non-hydrogen) atoms. The summed E-state index contributed by atoms with van der Waals surface area (Å²) in [6.45, 7) is 2.29. The molecule has 0 spiro atoms.